The van der Waals surface area contributed by atoms with Crippen molar-refractivity contribution >= 4 is 5.91 Å². The average Bonchev–Trinajstić information content (AvgIpc) is 3.27. The van der Waals surface area contributed by atoms with Crippen molar-refractivity contribution in [3.05, 3.63) is 0 Å². The molecule has 106 valence electrons. The zero-order valence-electron chi connectivity index (χ0n) is 11.9. The van der Waals surface area contributed by atoms with Crippen LogP contribution in [0.3, 0.4) is 0 Å². The zero-order chi connectivity index (χ0) is 13.2. The number of nitrogens with one attached hydrogen (secondary N) is 1. The second kappa shape index (κ2) is 3.95. The summed E-state index contributed by atoms with van der Waals surface area (Å²) in [5, 5.41) is 3.62. The molecule has 0 radical (unpaired) electrons. The molecule has 1 amide bonds. The van der Waals surface area contributed by atoms with Crippen molar-refractivity contribution in [3.8, 4) is 0 Å². The largest absolute Gasteiger partial charge is 0.376 e. The molecule has 4 heteroatoms. The first-order chi connectivity index (χ1) is 9.12. The van der Waals surface area contributed by atoms with Crippen molar-refractivity contribution in [3.63, 3.8) is 0 Å². The van der Waals surface area contributed by atoms with Crippen LogP contribution in [0.25, 0.3) is 0 Å². The fourth-order valence-corrected chi connectivity index (χ4v) is 3.89. The summed E-state index contributed by atoms with van der Waals surface area (Å²) in [6.07, 6.45) is 6.15. The van der Waals surface area contributed by atoms with Crippen LogP contribution in [0, 0.1) is 11.8 Å². The fourth-order valence-electron chi connectivity index (χ4n) is 3.89. The second-order valence-corrected chi connectivity index (χ2v) is 7.16. The average molecular weight is 264 g/mol. The summed E-state index contributed by atoms with van der Waals surface area (Å²) in [6, 6.07) is 0.319. The molecule has 0 aromatic heterocycles. The Kier molecular flexibility index (Phi) is 2.53. The van der Waals surface area contributed by atoms with Crippen LogP contribution in [0.1, 0.15) is 46.0 Å². The quantitative estimate of drug-likeness (QED) is 0.840. The number of hydrogen-bond donors (Lipinski definition) is 1. The maximum absolute atomic E-state index is 12.8. The number of carbonyl (C=O) groups is 1. The van der Waals surface area contributed by atoms with Gasteiger partial charge in [-0.3, -0.25) is 10.1 Å². The van der Waals surface area contributed by atoms with E-state index < -0.39 is 0 Å². The Morgan fingerprint density at radius 1 is 1.32 bits per heavy atom. The van der Waals surface area contributed by atoms with Crippen molar-refractivity contribution in [1.29, 1.82) is 0 Å². The molecule has 0 aromatic carbocycles. The molecule has 2 aliphatic heterocycles. The minimum absolute atomic E-state index is 0.189. The molecule has 4 fully saturated rings. The topological polar surface area (TPSA) is 41.6 Å². The van der Waals surface area contributed by atoms with Crippen LogP contribution in [0.15, 0.2) is 0 Å². The zero-order valence-corrected chi connectivity index (χ0v) is 11.9. The molecular weight excluding hydrogens is 240 g/mol. The molecule has 4 nitrogen and oxygen atoms in total. The SMILES string of the molecule is CC(C)C1NC2(CC2)C(=O)N1C1CCOC1C1CC1. The number of rotatable bonds is 3. The van der Waals surface area contributed by atoms with Crippen molar-refractivity contribution < 1.29 is 9.53 Å². The standard InChI is InChI=1S/C15H24N2O2/c1-9(2)13-16-15(6-7-15)14(18)17(13)11-5-8-19-12(11)10-3-4-10/h9-13,16H,3-8H2,1-2H3. The first kappa shape index (κ1) is 12.2. The molecule has 0 bridgehead atoms. The maximum Gasteiger partial charge on any atom is 0.244 e. The van der Waals surface area contributed by atoms with Crippen LogP contribution >= 0.6 is 0 Å². The van der Waals surface area contributed by atoms with E-state index in [2.05, 4.69) is 24.1 Å². The fraction of sp³-hybridized carbons (Fsp3) is 0.933. The Morgan fingerprint density at radius 3 is 2.63 bits per heavy atom. The molecule has 4 aliphatic rings. The second-order valence-electron chi connectivity index (χ2n) is 7.16. The maximum atomic E-state index is 12.8. The molecule has 2 saturated heterocycles. The van der Waals surface area contributed by atoms with Gasteiger partial charge < -0.3 is 9.64 Å². The molecule has 19 heavy (non-hydrogen) atoms. The number of ether oxygens (including phenoxy) is 1. The molecule has 0 aromatic rings. The molecule has 3 atom stereocenters. The molecule has 1 spiro atoms. The van der Waals surface area contributed by atoms with Gasteiger partial charge in [0.25, 0.3) is 0 Å². The van der Waals surface area contributed by atoms with Crippen molar-refractivity contribution in [2.75, 3.05) is 6.61 Å². The van der Waals surface area contributed by atoms with Crippen LogP contribution in [-0.2, 0) is 9.53 Å². The lowest BCUT2D eigenvalue weighted by molar-refractivity contribution is -0.135. The van der Waals surface area contributed by atoms with Crippen molar-refractivity contribution in [2.45, 2.75) is 69.8 Å². The van der Waals surface area contributed by atoms with Crippen molar-refractivity contribution in [2.24, 2.45) is 11.8 Å². The van der Waals surface area contributed by atoms with E-state index in [9.17, 15) is 4.79 Å². The summed E-state index contributed by atoms with van der Waals surface area (Å²) in [6.45, 7) is 5.25. The lowest BCUT2D eigenvalue weighted by Crippen LogP contribution is -2.50. The van der Waals surface area contributed by atoms with Gasteiger partial charge in [0.1, 0.15) is 0 Å². The molecule has 3 unspecified atom stereocenters. The Hall–Kier alpha value is -0.610. The van der Waals surface area contributed by atoms with Gasteiger partial charge in [-0.25, -0.2) is 0 Å². The van der Waals surface area contributed by atoms with Crippen LogP contribution in [0.4, 0.5) is 0 Å². The van der Waals surface area contributed by atoms with Gasteiger partial charge in [-0.1, -0.05) is 13.8 Å². The van der Waals surface area contributed by atoms with Gasteiger partial charge in [0.05, 0.1) is 23.9 Å². The van der Waals surface area contributed by atoms with E-state index >= 15 is 0 Å². The third-order valence-corrected chi connectivity index (χ3v) is 5.30. The summed E-state index contributed by atoms with van der Waals surface area (Å²) >= 11 is 0. The normalized spacial score (nSPS) is 40.7. The van der Waals surface area contributed by atoms with Gasteiger partial charge in [-0.15, -0.1) is 0 Å². The first-order valence-corrected chi connectivity index (χ1v) is 7.84. The summed E-state index contributed by atoms with van der Waals surface area (Å²) in [4.78, 5) is 15.0. The number of hydrogen-bond acceptors (Lipinski definition) is 3. The van der Waals surface area contributed by atoms with E-state index in [1.807, 2.05) is 0 Å². The Bertz CT molecular complexity index is 401. The highest BCUT2D eigenvalue weighted by molar-refractivity contribution is 5.92. The van der Waals surface area contributed by atoms with Gasteiger partial charge in [0.15, 0.2) is 0 Å². The third kappa shape index (κ3) is 1.76. The molecule has 2 heterocycles. The third-order valence-electron chi connectivity index (χ3n) is 5.30. The van der Waals surface area contributed by atoms with E-state index in [1.165, 1.54) is 12.8 Å². The minimum atomic E-state index is -0.189. The summed E-state index contributed by atoms with van der Waals surface area (Å²) in [7, 11) is 0. The van der Waals surface area contributed by atoms with Gasteiger partial charge in [0, 0.05) is 6.61 Å². The van der Waals surface area contributed by atoms with E-state index in [4.69, 9.17) is 4.74 Å². The number of amides is 1. The summed E-state index contributed by atoms with van der Waals surface area (Å²) in [5.41, 5.74) is -0.189. The Morgan fingerprint density at radius 2 is 2.05 bits per heavy atom. The first-order valence-electron chi connectivity index (χ1n) is 7.84. The van der Waals surface area contributed by atoms with E-state index in [0.717, 1.165) is 25.9 Å². The highest BCUT2D eigenvalue weighted by Gasteiger charge is 2.62. The van der Waals surface area contributed by atoms with Gasteiger partial charge in [-0.2, -0.15) is 0 Å². The molecular formula is C15H24N2O2. The number of nitrogens with zero attached hydrogens (tertiary/aromatic N) is 1. The van der Waals surface area contributed by atoms with E-state index in [1.54, 1.807) is 0 Å². The highest BCUT2D eigenvalue weighted by atomic mass is 16.5. The van der Waals surface area contributed by atoms with Crippen LogP contribution in [0.2, 0.25) is 0 Å². The monoisotopic (exact) mass is 264 g/mol. The van der Waals surface area contributed by atoms with Gasteiger partial charge in [-0.05, 0) is 43.9 Å². The van der Waals surface area contributed by atoms with Gasteiger partial charge >= 0.3 is 0 Å². The Balaban J connectivity index is 1.61. The minimum Gasteiger partial charge on any atom is -0.376 e. The predicted octanol–water partition coefficient (Wildman–Crippen LogP) is 1.50. The number of carbonyl (C=O) groups excluding carboxylic acids is 1. The lowest BCUT2D eigenvalue weighted by Gasteiger charge is -2.35. The van der Waals surface area contributed by atoms with Crippen LogP contribution in [0.5, 0.6) is 0 Å². The highest BCUT2D eigenvalue weighted by Crippen LogP contribution is 2.47. The van der Waals surface area contributed by atoms with Crippen LogP contribution < -0.4 is 5.32 Å². The predicted molar refractivity (Wildman–Crippen MR) is 71.4 cm³/mol. The Labute approximate surface area is 114 Å². The van der Waals surface area contributed by atoms with Gasteiger partial charge in [0.2, 0.25) is 5.91 Å². The van der Waals surface area contributed by atoms with Crippen LogP contribution in [-0.4, -0.2) is 41.3 Å². The molecule has 2 aliphatic carbocycles. The molecule has 4 rings (SSSR count). The van der Waals surface area contributed by atoms with E-state index in [0.29, 0.717) is 29.9 Å². The van der Waals surface area contributed by atoms with Crippen molar-refractivity contribution in [1.82, 2.24) is 10.2 Å². The summed E-state index contributed by atoms with van der Waals surface area (Å²) < 4.78 is 5.95. The molecule has 1 N–H and O–H groups in total. The smallest absolute Gasteiger partial charge is 0.244 e. The molecule has 2 saturated carbocycles. The van der Waals surface area contributed by atoms with E-state index in [-0.39, 0.29) is 11.7 Å². The summed E-state index contributed by atoms with van der Waals surface area (Å²) in [5.74, 6) is 1.53. The lowest BCUT2D eigenvalue weighted by atomic mass is 10.0.